The SMILES string of the molecule is Cc1ccc(CNCCCOC(C)C)cc1F. The zero-order chi connectivity index (χ0) is 12.7. The number of aryl methyl sites for hydroxylation is 1. The van der Waals surface area contributed by atoms with Gasteiger partial charge in [0.2, 0.25) is 0 Å². The van der Waals surface area contributed by atoms with E-state index in [1.54, 1.807) is 13.0 Å². The van der Waals surface area contributed by atoms with Crippen molar-refractivity contribution in [3.63, 3.8) is 0 Å². The van der Waals surface area contributed by atoms with Crippen molar-refractivity contribution in [3.8, 4) is 0 Å². The highest BCUT2D eigenvalue weighted by atomic mass is 19.1. The van der Waals surface area contributed by atoms with E-state index in [0.717, 1.165) is 25.1 Å². The van der Waals surface area contributed by atoms with Crippen molar-refractivity contribution in [2.24, 2.45) is 0 Å². The fraction of sp³-hybridized carbons (Fsp3) is 0.571. The van der Waals surface area contributed by atoms with Crippen LogP contribution in [0.5, 0.6) is 0 Å². The first kappa shape index (κ1) is 14.1. The molecule has 0 spiro atoms. The molecule has 0 aromatic heterocycles. The summed E-state index contributed by atoms with van der Waals surface area (Å²) in [6.45, 7) is 8.20. The lowest BCUT2D eigenvalue weighted by atomic mass is 10.1. The van der Waals surface area contributed by atoms with Gasteiger partial charge in [-0.3, -0.25) is 0 Å². The van der Waals surface area contributed by atoms with Crippen LogP contribution >= 0.6 is 0 Å². The summed E-state index contributed by atoms with van der Waals surface area (Å²) >= 11 is 0. The molecule has 2 nitrogen and oxygen atoms in total. The maximum absolute atomic E-state index is 13.3. The molecule has 0 saturated carbocycles. The van der Waals surface area contributed by atoms with E-state index in [2.05, 4.69) is 5.32 Å². The third kappa shape index (κ3) is 5.80. The molecule has 0 aliphatic carbocycles. The van der Waals surface area contributed by atoms with Gasteiger partial charge in [-0.25, -0.2) is 4.39 Å². The smallest absolute Gasteiger partial charge is 0.126 e. The highest BCUT2D eigenvalue weighted by Gasteiger charge is 1.99. The Bertz CT molecular complexity index is 339. The number of halogens is 1. The van der Waals surface area contributed by atoms with Gasteiger partial charge in [-0.2, -0.15) is 0 Å². The molecule has 0 fully saturated rings. The molecule has 0 aliphatic rings. The third-order valence-corrected chi connectivity index (χ3v) is 2.51. The van der Waals surface area contributed by atoms with E-state index in [0.29, 0.717) is 18.2 Å². The maximum Gasteiger partial charge on any atom is 0.126 e. The number of hydrogen-bond donors (Lipinski definition) is 1. The Morgan fingerprint density at radius 2 is 2.12 bits per heavy atom. The molecule has 0 radical (unpaired) electrons. The van der Waals surface area contributed by atoms with E-state index in [-0.39, 0.29) is 5.82 Å². The van der Waals surface area contributed by atoms with Crippen LogP contribution in [-0.2, 0) is 11.3 Å². The van der Waals surface area contributed by atoms with Crippen LogP contribution in [0, 0.1) is 12.7 Å². The summed E-state index contributed by atoms with van der Waals surface area (Å²) in [6, 6.07) is 5.36. The summed E-state index contributed by atoms with van der Waals surface area (Å²) in [5, 5.41) is 3.28. The standard InChI is InChI=1S/C14H22FNO/c1-11(2)17-8-4-7-16-10-13-6-5-12(3)14(15)9-13/h5-6,9,11,16H,4,7-8,10H2,1-3H3. The first-order valence-electron chi connectivity index (χ1n) is 6.17. The summed E-state index contributed by atoms with van der Waals surface area (Å²) in [7, 11) is 0. The molecule has 1 aromatic rings. The van der Waals surface area contributed by atoms with Crippen molar-refractivity contribution < 1.29 is 9.13 Å². The van der Waals surface area contributed by atoms with Crippen LogP contribution in [0.4, 0.5) is 4.39 Å². The van der Waals surface area contributed by atoms with E-state index in [9.17, 15) is 4.39 Å². The average Bonchev–Trinajstić information content (AvgIpc) is 2.27. The normalized spacial score (nSPS) is 11.1. The highest BCUT2D eigenvalue weighted by Crippen LogP contribution is 2.08. The van der Waals surface area contributed by atoms with E-state index in [1.807, 2.05) is 26.0 Å². The lowest BCUT2D eigenvalue weighted by Gasteiger charge is -2.08. The molecule has 0 saturated heterocycles. The lowest BCUT2D eigenvalue weighted by Crippen LogP contribution is -2.17. The Balaban J connectivity index is 2.16. The van der Waals surface area contributed by atoms with Crippen LogP contribution in [0.3, 0.4) is 0 Å². The maximum atomic E-state index is 13.3. The van der Waals surface area contributed by atoms with E-state index < -0.39 is 0 Å². The van der Waals surface area contributed by atoms with Crippen LogP contribution in [0.1, 0.15) is 31.4 Å². The molecule has 17 heavy (non-hydrogen) atoms. The molecule has 1 aromatic carbocycles. The summed E-state index contributed by atoms with van der Waals surface area (Å²) in [6.07, 6.45) is 1.27. The first-order valence-corrected chi connectivity index (χ1v) is 6.17. The molecule has 0 aliphatic heterocycles. The van der Waals surface area contributed by atoms with Gasteiger partial charge in [-0.1, -0.05) is 12.1 Å². The van der Waals surface area contributed by atoms with E-state index in [4.69, 9.17) is 4.74 Å². The largest absolute Gasteiger partial charge is 0.379 e. The Morgan fingerprint density at radius 3 is 2.76 bits per heavy atom. The van der Waals surface area contributed by atoms with Crippen molar-refractivity contribution >= 4 is 0 Å². The van der Waals surface area contributed by atoms with Gasteiger partial charge in [-0.05, 0) is 50.9 Å². The average molecular weight is 239 g/mol. The molecule has 0 atom stereocenters. The van der Waals surface area contributed by atoms with Gasteiger partial charge >= 0.3 is 0 Å². The van der Waals surface area contributed by atoms with Crippen molar-refractivity contribution in [1.29, 1.82) is 0 Å². The summed E-state index contributed by atoms with van der Waals surface area (Å²) < 4.78 is 18.7. The van der Waals surface area contributed by atoms with Crippen LogP contribution in [0.2, 0.25) is 0 Å². The van der Waals surface area contributed by atoms with Gasteiger partial charge in [0, 0.05) is 13.2 Å². The molecule has 1 N–H and O–H groups in total. The van der Waals surface area contributed by atoms with Gasteiger partial charge in [0.15, 0.2) is 0 Å². The van der Waals surface area contributed by atoms with Crippen molar-refractivity contribution in [2.75, 3.05) is 13.2 Å². The number of rotatable bonds is 7. The molecule has 0 unspecified atom stereocenters. The van der Waals surface area contributed by atoms with Crippen LogP contribution in [-0.4, -0.2) is 19.3 Å². The predicted octanol–water partition coefficient (Wildman–Crippen LogP) is 3.04. The fourth-order valence-corrected chi connectivity index (χ4v) is 1.50. The van der Waals surface area contributed by atoms with Crippen molar-refractivity contribution in [2.45, 2.75) is 39.8 Å². The first-order chi connectivity index (χ1) is 8.09. The molecule has 0 heterocycles. The molecule has 0 amide bonds. The second-order valence-electron chi connectivity index (χ2n) is 4.53. The number of hydrogen-bond acceptors (Lipinski definition) is 2. The molecular formula is C14H22FNO. The predicted molar refractivity (Wildman–Crippen MR) is 68.5 cm³/mol. The number of benzene rings is 1. The molecular weight excluding hydrogens is 217 g/mol. The molecule has 1 rings (SSSR count). The molecule has 0 bridgehead atoms. The monoisotopic (exact) mass is 239 g/mol. The second-order valence-corrected chi connectivity index (χ2v) is 4.53. The lowest BCUT2D eigenvalue weighted by molar-refractivity contribution is 0.0770. The van der Waals surface area contributed by atoms with Gasteiger partial charge in [-0.15, -0.1) is 0 Å². The molecule has 96 valence electrons. The number of nitrogens with one attached hydrogen (secondary N) is 1. The van der Waals surface area contributed by atoms with Gasteiger partial charge in [0.1, 0.15) is 5.82 Å². The quantitative estimate of drug-likeness (QED) is 0.738. The van der Waals surface area contributed by atoms with Crippen molar-refractivity contribution in [1.82, 2.24) is 5.32 Å². The Hall–Kier alpha value is -0.930. The van der Waals surface area contributed by atoms with Crippen LogP contribution < -0.4 is 5.32 Å². The van der Waals surface area contributed by atoms with E-state index in [1.165, 1.54) is 0 Å². The Labute approximate surface area is 103 Å². The summed E-state index contributed by atoms with van der Waals surface area (Å²) in [5.74, 6) is -0.132. The van der Waals surface area contributed by atoms with Gasteiger partial charge in [0.25, 0.3) is 0 Å². The van der Waals surface area contributed by atoms with Crippen LogP contribution in [0.25, 0.3) is 0 Å². The minimum Gasteiger partial charge on any atom is -0.379 e. The van der Waals surface area contributed by atoms with Gasteiger partial charge < -0.3 is 10.1 Å². The summed E-state index contributed by atoms with van der Waals surface area (Å²) in [4.78, 5) is 0. The molecule has 3 heteroatoms. The van der Waals surface area contributed by atoms with Gasteiger partial charge in [0.05, 0.1) is 6.10 Å². The Morgan fingerprint density at radius 1 is 1.35 bits per heavy atom. The topological polar surface area (TPSA) is 21.3 Å². The van der Waals surface area contributed by atoms with E-state index >= 15 is 0 Å². The zero-order valence-corrected chi connectivity index (χ0v) is 10.9. The third-order valence-electron chi connectivity index (χ3n) is 2.51. The zero-order valence-electron chi connectivity index (χ0n) is 10.9. The van der Waals surface area contributed by atoms with Crippen LogP contribution in [0.15, 0.2) is 18.2 Å². The minimum atomic E-state index is -0.132. The Kier molecular flexibility index (Phi) is 6.16. The van der Waals surface area contributed by atoms with Crippen molar-refractivity contribution in [3.05, 3.63) is 35.1 Å². The minimum absolute atomic E-state index is 0.132. The summed E-state index contributed by atoms with van der Waals surface area (Å²) in [5.41, 5.74) is 1.68. The number of ether oxygens (including phenoxy) is 1. The second kappa shape index (κ2) is 7.41. The fourth-order valence-electron chi connectivity index (χ4n) is 1.50. The highest BCUT2D eigenvalue weighted by molar-refractivity contribution is 5.23.